The molecule has 1 aliphatic rings. The molecule has 0 saturated heterocycles. The molecule has 1 amide bonds. The quantitative estimate of drug-likeness (QED) is 0.598. The van der Waals surface area contributed by atoms with Crippen molar-refractivity contribution in [1.29, 1.82) is 0 Å². The Balaban J connectivity index is 1.33. The largest absolute Gasteiger partial charge is 0.465 e. The van der Waals surface area contributed by atoms with E-state index in [4.69, 9.17) is 9.72 Å². The van der Waals surface area contributed by atoms with Crippen LogP contribution in [0.2, 0.25) is 0 Å². The molecule has 2 N–H and O–H groups in total. The number of ether oxygens (including phenoxy) is 1. The standard InChI is InChI=1S/C25H27N3O3/c1-16-14-23(28-22-9-4-3-8-21(16)22)26-19-10-12-20(13-11-19)27-24(29)17-6-5-7-18(15-17)25(30)31-2/h3-9,14-15,19-20H,10-13H2,1-2H3,(H,26,28)(H,27,29). The molecular formula is C25H27N3O3. The normalized spacial score (nSPS) is 18.4. The highest BCUT2D eigenvalue weighted by atomic mass is 16.5. The van der Waals surface area contributed by atoms with E-state index in [9.17, 15) is 9.59 Å². The van der Waals surface area contributed by atoms with Crippen molar-refractivity contribution in [3.63, 3.8) is 0 Å². The predicted octanol–water partition coefficient (Wildman–Crippen LogP) is 4.48. The van der Waals surface area contributed by atoms with Gasteiger partial charge < -0.3 is 15.4 Å². The number of nitrogens with zero attached hydrogens (tertiary/aromatic N) is 1. The van der Waals surface area contributed by atoms with Crippen molar-refractivity contribution in [2.75, 3.05) is 12.4 Å². The summed E-state index contributed by atoms with van der Waals surface area (Å²) in [4.78, 5) is 29.1. The molecule has 160 valence electrons. The number of pyridine rings is 1. The van der Waals surface area contributed by atoms with Gasteiger partial charge in [-0.05, 0) is 68.5 Å². The fraction of sp³-hybridized carbons (Fsp3) is 0.320. The smallest absolute Gasteiger partial charge is 0.337 e. The molecule has 0 bridgehead atoms. The minimum absolute atomic E-state index is 0.124. The van der Waals surface area contributed by atoms with E-state index in [1.165, 1.54) is 18.1 Å². The minimum atomic E-state index is -0.446. The van der Waals surface area contributed by atoms with Crippen LogP contribution in [0.25, 0.3) is 10.9 Å². The minimum Gasteiger partial charge on any atom is -0.465 e. The summed E-state index contributed by atoms with van der Waals surface area (Å²) >= 11 is 0. The molecule has 31 heavy (non-hydrogen) atoms. The number of nitrogens with one attached hydrogen (secondary N) is 2. The Labute approximate surface area is 182 Å². The monoisotopic (exact) mass is 417 g/mol. The number of esters is 1. The lowest BCUT2D eigenvalue weighted by atomic mass is 9.91. The second kappa shape index (κ2) is 9.16. The van der Waals surface area contributed by atoms with Gasteiger partial charge in [-0.25, -0.2) is 9.78 Å². The van der Waals surface area contributed by atoms with Crippen molar-refractivity contribution < 1.29 is 14.3 Å². The zero-order chi connectivity index (χ0) is 21.8. The number of aromatic nitrogens is 1. The van der Waals surface area contributed by atoms with Crippen molar-refractivity contribution in [2.24, 2.45) is 0 Å². The number of carbonyl (C=O) groups excluding carboxylic acids is 2. The number of para-hydroxylation sites is 1. The summed E-state index contributed by atoms with van der Waals surface area (Å²) in [7, 11) is 1.33. The predicted molar refractivity (Wildman–Crippen MR) is 121 cm³/mol. The Morgan fingerprint density at radius 1 is 0.935 bits per heavy atom. The van der Waals surface area contributed by atoms with Crippen molar-refractivity contribution >= 4 is 28.6 Å². The van der Waals surface area contributed by atoms with E-state index in [0.29, 0.717) is 17.2 Å². The van der Waals surface area contributed by atoms with Gasteiger partial charge in [-0.1, -0.05) is 24.3 Å². The molecule has 6 heteroatoms. The van der Waals surface area contributed by atoms with E-state index >= 15 is 0 Å². The SMILES string of the molecule is COC(=O)c1cccc(C(=O)NC2CCC(Nc3cc(C)c4ccccc4n3)CC2)c1. The molecule has 1 fully saturated rings. The molecule has 0 unspecified atom stereocenters. The van der Waals surface area contributed by atoms with Gasteiger partial charge in [-0.3, -0.25) is 4.79 Å². The van der Waals surface area contributed by atoms with Gasteiger partial charge in [-0.2, -0.15) is 0 Å². The molecule has 1 aromatic heterocycles. The number of benzene rings is 2. The van der Waals surface area contributed by atoms with Crippen LogP contribution in [-0.2, 0) is 4.74 Å². The molecule has 2 aromatic carbocycles. The third-order valence-corrected chi connectivity index (χ3v) is 5.88. The van der Waals surface area contributed by atoms with Crippen molar-refractivity contribution in [3.05, 3.63) is 71.3 Å². The molecular weight excluding hydrogens is 390 g/mol. The Morgan fingerprint density at radius 3 is 2.42 bits per heavy atom. The number of hydrogen-bond acceptors (Lipinski definition) is 5. The maximum absolute atomic E-state index is 12.6. The maximum Gasteiger partial charge on any atom is 0.337 e. The van der Waals surface area contributed by atoms with Gasteiger partial charge in [0.15, 0.2) is 0 Å². The summed E-state index contributed by atoms with van der Waals surface area (Å²) in [6.45, 7) is 2.11. The first-order valence-electron chi connectivity index (χ1n) is 10.7. The highest BCUT2D eigenvalue weighted by molar-refractivity contribution is 5.98. The van der Waals surface area contributed by atoms with Crippen LogP contribution in [0.4, 0.5) is 5.82 Å². The van der Waals surface area contributed by atoms with Gasteiger partial charge >= 0.3 is 5.97 Å². The lowest BCUT2D eigenvalue weighted by Gasteiger charge is -2.30. The van der Waals surface area contributed by atoms with Crippen LogP contribution in [0.5, 0.6) is 0 Å². The van der Waals surface area contributed by atoms with E-state index in [0.717, 1.165) is 37.0 Å². The van der Waals surface area contributed by atoms with Gasteiger partial charge in [0.25, 0.3) is 5.91 Å². The molecule has 1 saturated carbocycles. The van der Waals surface area contributed by atoms with E-state index in [2.05, 4.69) is 29.7 Å². The van der Waals surface area contributed by atoms with E-state index in [1.54, 1.807) is 24.3 Å². The summed E-state index contributed by atoms with van der Waals surface area (Å²) < 4.78 is 4.73. The molecule has 1 heterocycles. The zero-order valence-corrected chi connectivity index (χ0v) is 17.9. The van der Waals surface area contributed by atoms with E-state index in [1.807, 2.05) is 18.2 Å². The number of carbonyl (C=O) groups is 2. The first kappa shape index (κ1) is 20.8. The van der Waals surface area contributed by atoms with E-state index in [-0.39, 0.29) is 11.9 Å². The number of hydrogen-bond donors (Lipinski definition) is 2. The number of aryl methyl sites for hydroxylation is 1. The number of fused-ring (bicyclic) bond motifs is 1. The summed E-state index contributed by atoms with van der Waals surface area (Å²) in [5.41, 5.74) is 3.06. The Hall–Kier alpha value is -3.41. The summed E-state index contributed by atoms with van der Waals surface area (Å²) in [5, 5.41) is 7.85. The maximum atomic E-state index is 12.6. The molecule has 3 aromatic rings. The van der Waals surface area contributed by atoms with Gasteiger partial charge in [0.05, 0.1) is 18.2 Å². The van der Waals surface area contributed by atoms with Gasteiger partial charge in [0, 0.05) is 23.0 Å². The van der Waals surface area contributed by atoms with Crippen LogP contribution in [0.15, 0.2) is 54.6 Å². The van der Waals surface area contributed by atoms with Crippen molar-refractivity contribution in [3.8, 4) is 0 Å². The summed E-state index contributed by atoms with van der Waals surface area (Å²) in [5.74, 6) is 0.302. The van der Waals surface area contributed by atoms with Crippen LogP contribution in [0.1, 0.15) is 52.0 Å². The average Bonchev–Trinajstić information content (AvgIpc) is 2.80. The number of methoxy groups -OCH3 is 1. The van der Waals surface area contributed by atoms with Crippen LogP contribution in [-0.4, -0.2) is 36.1 Å². The third-order valence-electron chi connectivity index (χ3n) is 5.88. The van der Waals surface area contributed by atoms with Gasteiger partial charge in [0.1, 0.15) is 5.82 Å². The molecule has 0 spiro atoms. The molecule has 0 radical (unpaired) electrons. The van der Waals surface area contributed by atoms with Crippen molar-refractivity contribution in [1.82, 2.24) is 10.3 Å². The first-order valence-corrected chi connectivity index (χ1v) is 10.7. The Kier molecular flexibility index (Phi) is 6.16. The second-order valence-corrected chi connectivity index (χ2v) is 8.08. The lowest BCUT2D eigenvalue weighted by Crippen LogP contribution is -2.40. The molecule has 1 aliphatic carbocycles. The molecule has 0 aliphatic heterocycles. The summed E-state index contributed by atoms with van der Waals surface area (Å²) in [6.07, 6.45) is 3.71. The van der Waals surface area contributed by atoms with Gasteiger partial charge in [0.2, 0.25) is 0 Å². The number of rotatable bonds is 5. The van der Waals surface area contributed by atoms with Crippen molar-refractivity contribution in [2.45, 2.75) is 44.7 Å². The number of anilines is 1. The van der Waals surface area contributed by atoms with Gasteiger partial charge in [-0.15, -0.1) is 0 Å². The van der Waals surface area contributed by atoms with Crippen LogP contribution >= 0.6 is 0 Å². The Bertz CT molecular complexity index is 1100. The first-order chi connectivity index (χ1) is 15.0. The highest BCUT2D eigenvalue weighted by Gasteiger charge is 2.23. The molecule has 6 nitrogen and oxygen atoms in total. The molecule has 4 rings (SSSR count). The van der Waals surface area contributed by atoms with Crippen LogP contribution in [0.3, 0.4) is 0 Å². The molecule has 0 atom stereocenters. The third kappa shape index (κ3) is 4.85. The summed E-state index contributed by atoms with van der Waals surface area (Å²) in [6, 6.07) is 17.4. The average molecular weight is 418 g/mol. The Morgan fingerprint density at radius 2 is 1.65 bits per heavy atom. The topological polar surface area (TPSA) is 80.3 Å². The number of amides is 1. The zero-order valence-electron chi connectivity index (χ0n) is 17.9. The van der Waals surface area contributed by atoms with Crippen LogP contribution in [0, 0.1) is 6.92 Å². The highest BCUT2D eigenvalue weighted by Crippen LogP contribution is 2.25. The van der Waals surface area contributed by atoms with Crippen LogP contribution < -0.4 is 10.6 Å². The van der Waals surface area contributed by atoms with E-state index < -0.39 is 5.97 Å². The lowest BCUT2D eigenvalue weighted by molar-refractivity contribution is 0.0600. The fourth-order valence-corrected chi connectivity index (χ4v) is 4.19. The fourth-order valence-electron chi connectivity index (χ4n) is 4.19. The second-order valence-electron chi connectivity index (χ2n) is 8.08.